The molecule has 1 fully saturated rings. The highest BCUT2D eigenvalue weighted by molar-refractivity contribution is 5.82. The number of rotatable bonds is 3. The number of hydrogen-bond acceptors (Lipinski definition) is 6. The smallest absolute Gasteiger partial charge is 0.246 e. The molecule has 0 N–H and O–H groups in total. The van der Waals surface area contributed by atoms with E-state index < -0.39 is 0 Å². The lowest BCUT2D eigenvalue weighted by Crippen LogP contribution is -2.41. The summed E-state index contributed by atoms with van der Waals surface area (Å²) in [5.74, 6) is 1.06. The molecular weight excluding hydrogens is 328 g/mol. The Balaban J connectivity index is 1.41. The summed E-state index contributed by atoms with van der Waals surface area (Å²) in [5, 5.41) is 5.94. The highest BCUT2D eigenvalue weighted by Gasteiger charge is 2.35. The van der Waals surface area contributed by atoms with Crippen LogP contribution in [0.5, 0.6) is 0 Å². The number of carbonyl (C=O) groups is 1. The average molecular weight is 350 g/mol. The zero-order chi connectivity index (χ0) is 17.9. The molecule has 0 saturated carbocycles. The summed E-state index contributed by atoms with van der Waals surface area (Å²) >= 11 is 0. The standard InChI is InChI=1S/C19H22N6O/c1-14-12-22-16(13-21-14)17-5-9-23-25(17)19(26)15-6-10-24(11-7-15)18-4-2-3-8-20-18/h2-4,8-9,12-13,15,17H,5-7,10-11H2,1H3. The largest absolute Gasteiger partial charge is 0.357 e. The van der Waals surface area contributed by atoms with E-state index in [1.54, 1.807) is 29.8 Å². The molecule has 4 heterocycles. The maximum absolute atomic E-state index is 13.0. The Labute approximate surface area is 152 Å². The number of amides is 1. The predicted octanol–water partition coefficient (Wildman–Crippen LogP) is 2.36. The van der Waals surface area contributed by atoms with Gasteiger partial charge in [0.05, 0.1) is 17.6 Å². The maximum atomic E-state index is 13.0. The number of pyridine rings is 1. The van der Waals surface area contributed by atoms with Gasteiger partial charge in [-0.1, -0.05) is 6.07 Å². The van der Waals surface area contributed by atoms with Crippen LogP contribution in [0.2, 0.25) is 0 Å². The molecule has 2 aliphatic heterocycles. The molecule has 1 saturated heterocycles. The monoisotopic (exact) mass is 350 g/mol. The molecule has 0 bridgehead atoms. The summed E-state index contributed by atoms with van der Waals surface area (Å²) in [6.07, 6.45) is 9.41. The normalized spacial score (nSPS) is 20.6. The minimum absolute atomic E-state index is 0.00822. The molecule has 1 amide bonds. The predicted molar refractivity (Wildman–Crippen MR) is 98.6 cm³/mol. The second-order valence-corrected chi connectivity index (χ2v) is 6.76. The van der Waals surface area contributed by atoms with Crippen LogP contribution in [0.15, 0.2) is 41.9 Å². The van der Waals surface area contributed by atoms with Crippen LogP contribution in [0.25, 0.3) is 0 Å². The number of hydrazone groups is 1. The molecule has 1 unspecified atom stereocenters. The van der Waals surface area contributed by atoms with Crippen molar-refractivity contribution < 1.29 is 4.79 Å². The van der Waals surface area contributed by atoms with Gasteiger partial charge in [-0.3, -0.25) is 14.8 Å². The number of carbonyl (C=O) groups excluding carboxylic acids is 1. The van der Waals surface area contributed by atoms with Crippen LogP contribution in [-0.2, 0) is 4.79 Å². The van der Waals surface area contributed by atoms with Crippen molar-refractivity contribution in [1.82, 2.24) is 20.0 Å². The third-order valence-electron chi connectivity index (χ3n) is 5.02. The SMILES string of the molecule is Cc1cnc(C2CC=NN2C(=O)C2CCN(c3ccccn3)CC2)cn1. The van der Waals surface area contributed by atoms with Crippen molar-refractivity contribution in [2.45, 2.75) is 32.2 Å². The fourth-order valence-electron chi connectivity index (χ4n) is 3.53. The summed E-state index contributed by atoms with van der Waals surface area (Å²) in [4.78, 5) is 28.4. The van der Waals surface area contributed by atoms with E-state index in [1.807, 2.05) is 25.1 Å². The summed E-state index contributed by atoms with van der Waals surface area (Å²) in [6.45, 7) is 3.57. The number of anilines is 1. The quantitative estimate of drug-likeness (QED) is 0.849. The first-order chi connectivity index (χ1) is 12.7. The van der Waals surface area contributed by atoms with E-state index in [1.165, 1.54) is 0 Å². The van der Waals surface area contributed by atoms with E-state index in [0.29, 0.717) is 6.42 Å². The summed E-state index contributed by atoms with van der Waals surface area (Å²) in [5.41, 5.74) is 1.67. The van der Waals surface area contributed by atoms with Crippen LogP contribution in [-0.4, -0.2) is 45.2 Å². The zero-order valence-corrected chi connectivity index (χ0v) is 14.8. The lowest BCUT2D eigenvalue weighted by molar-refractivity contribution is -0.138. The van der Waals surface area contributed by atoms with E-state index in [2.05, 4.69) is 25.0 Å². The summed E-state index contributed by atoms with van der Waals surface area (Å²) < 4.78 is 0. The van der Waals surface area contributed by atoms with Crippen molar-refractivity contribution in [3.05, 3.63) is 48.2 Å². The van der Waals surface area contributed by atoms with E-state index in [9.17, 15) is 4.79 Å². The van der Waals surface area contributed by atoms with Crippen LogP contribution < -0.4 is 4.90 Å². The van der Waals surface area contributed by atoms with Gasteiger partial charge in [0.15, 0.2) is 0 Å². The van der Waals surface area contributed by atoms with Gasteiger partial charge >= 0.3 is 0 Å². The Morgan fingerprint density at radius 2 is 1.96 bits per heavy atom. The van der Waals surface area contributed by atoms with Gasteiger partial charge in [-0.25, -0.2) is 9.99 Å². The van der Waals surface area contributed by atoms with Gasteiger partial charge in [0.2, 0.25) is 5.91 Å². The zero-order valence-electron chi connectivity index (χ0n) is 14.8. The Bertz CT molecular complexity index is 783. The van der Waals surface area contributed by atoms with E-state index in [0.717, 1.165) is 43.1 Å². The first-order valence-corrected chi connectivity index (χ1v) is 9.02. The lowest BCUT2D eigenvalue weighted by Gasteiger charge is -2.34. The second kappa shape index (κ2) is 7.19. The molecule has 7 heteroatoms. The molecule has 0 aromatic carbocycles. The molecule has 0 radical (unpaired) electrons. The van der Waals surface area contributed by atoms with Crippen LogP contribution in [0.3, 0.4) is 0 Å². The minimum atomic E-state index is -0.135. The molecule has 4 rings (SSSR count). The van der Waals surface area contributed by atoms with Crippen LogP contribution in [0.1, 0.15) is 36.7 Å². The van der Waals surface area contributed by atoms with Gasteiger partial charge in [0.1, 0.15) is 11.9 Å². The van der Waals surface area contributed by atoms with Crippen molar-refractivity contribution in [3.63, 3.8) is 0 Å². The Kier molecular flexibility index (Phi) is 4.60. The second-order valence-electron chi connectivity index (χ2n) is 6.76. The Morgan fingerprint density at radius 3 is 2.65 bits per heavy atom. The first-order valence-electron chi connectivity index (χ1n) is 9.02. The van der Waals surface area contributed by atoms with E-state index >= 15 is 0 Å². The molecular formula is C19H22N6O. The fourth-order valence-corrected chi connectivity index (χ4v) is 3.53. The Hall–Kier alpha value is -2.83. The number of aromatic nitrogens is 3. The van der Waals surface area contributed by atoms with Gasteiger partial charge in [0, 0.05) is 44.0 Å². The van der Waals surface area contributed by atoms with Crippen LogP contribution in [0, 0.1) is 12.8 Å². The number of aryl methyl sites for hydroxylation is 1. The maximum Gasteiger partial charge on any atom is 0.246 e. The van der Waals surface area contributed by atoms with Crippen LogP contribution in [0.4, 0.5) is 5.82 Å². The molecule has 26 heavy (non-hydrogen) atoms. The van der Waals surface area contributed by atoms with Crippen LogP contribution >= 0.6 is 0 Å². The highest BCUT2D eigenvalue weighted by atomic mass is 16.2. The van der Waals surface area contributed by atoms with Crippen molar-refractivity contribution in [1.29, 1.82) is 0 Å². The van der Waals surface area contributed by atoms with E-state index in [4.69, 9.17) is 0 Å². The molecule has 0 aliphatic carbocycles. The summed E-state index contributed by atoms with van der Waals surface area (Å²) in [7, 11) is 0. The third-order valence-corrected chi connectivity index (χ3v) is 5.02. The Morgan fingerprint density at radius 1 is 1.12 bits per heavy atom. The number of piperidine rings is 1. The van der Waals surface area contributed by atoms with Gasteiger partial charge < -0.3 is 4.90 Å². The fraction of sp³-hybridized carbons (Fsp3) is 0.421. The minimum Gasteiger partial charge on any atom is -0.357 e. The molecule has 0 spiro atoms. The van der Waals surface area contributed by atoms with Crippen molar-refractivity contribution >= 4 is 17.9 Å². The van der Waals surface area contributed by atoms with Crippen molar-refractivity contribution in [2.75, 3.05) is 18.0 Å². The first kappa shape index (κ1) is 16.6. The molecule has 1 atom stereocenters. The average Bonchev–Trinajstić information content (AvgIpc) is 3.19. The molecule has 2 aromatic rings. The molecule has 134 valence electrons. The summed E-state index contributed by atoms with van der Waals surface area (Å²) in [6, 6.07) is 5.79. The van der Waals surface area contributed by atoms with Crippen molar-refractivity contribution in [3.8, 4) is 0 Å². The van der Waals surface area contributed by atoms with Gasteiger partial charge in [0.25, 0.3) is 0 Å². The van der Waals surface area contributed by atoms with Gasteiger partial charge in [-0.15, -0.1) is 0 Å². The number of nitrogens with zero attached hydrogens (tertiary/aromatic N) is 6. The third kappa shape index (κ3) is 3.29. The topological polar surface area (TPSA) is 74.6 Å². The van der Waals surface area contributed by atoms with Gasteiger partial charge in [-0.05, 0) is 31.9 Å². The molecule has 2 aliphatic rings. The molecule has 7 nitrogen and oxygen atoms in total. The highest BCUT2D eigenvalue weighted by Crippen LogP contribution is 2.31. The number of hydrogen-bond donors (Lipinski definition) is 0. The van der Waals surface area contributed by atoms with Gasteiger partial charge in [-0.2, -0.15) is 5.10 Å². The van der Waals surface area contributed by atoms with Crippen molar-refractivity contribution in [2.24, 2.45) is 11.0 Å². The van der Waals surface area contributed by atoms with E-state index in [-0.39, 0.29) is 17.9 Å². The molecule has 2 aromatic heterocycles. The lowest BCUT2D eigenvalue weighted by atomic mass is 9.95.